The van der Waals surface area contributed by atoms with Gasteiger partial charge in [-0.3, -0.25) is 0 Å². The molecule has 0 bridgehead atoms. The Morgan fingerprint density at radius 2 is 0.726 bits per heavy atom. The van der Waals surface area contributed by atoms with E-state index >= 15 is 0 Å². The Morgan fingerprint density at radius 1 is 0.301 bits per heavy atom. The highest BCUT2D eigenvalue weighted by atomic mass is 16.3. The summed E-state index contributed by atoms with van der Waals surface area (Å²) in [6, 6.07) is 85.3. The summed E-state index contributed by atoms with van der Waals surface area (Å²) in [6.45, 7) is 9.44. The molecule has 2 aliphatic carbocycles. The second-order valence-electron chi connectivity index (χ2n) is 21.2. The van der Waals surface area contributed by atoms with Gasteiger partial charge in [-0.2, -0.15) is 0 Å². The lowest BCUT2D eigenvalue weighted by Crippen LogP contribution is -2.16. The molecule has 0 N–H and O–H groups in total. The number of nitrogens with zero attached hydrogens (tertiary/aromatic N) is 2. The van der Waals surface area contributed by atoms with Crippen molar-refractivity contribution in [3.05, 3.63) is 253 Å². The average Bonchev–Trinajstić information content (AvgIpc) is 4.02. The molecule has 1 aromatic heterocycles. The highest BCUT2D eigenvalue weighted by molar-refractivity contribution is 6.30. The fourth-order valence-electron chi connectivity index (χ4n) is 13.0. The number of fused-ring (bicyclic) bond motifs is 16. The van der Waals surface area contributed by atoms with Crippen LogP contribution in [0.5, 0.6) is 0 Å². The zero-order chi connectivity index (χ0) is 48.7. The molecule has 0 atom stereocenters. The highest BCUT2D eigenvalue weighted by Crippen LogP contribution is 2.54. The molecule has 15 rings (SSSR count). The van der Waals surface area contributed by atoms with E-state index in [1.165, 1.54) is 76.8 Å². The monoisotopic (exact) mass is 934 g/mol. The van der Waals surface area contributed by atoms with Gasteiger partial charge < -0.3 is 14.2 Å². The minimum Gasteiger partial charge on any atom is -0.455 e. The van der Waals surface area contributed by atoms with Gasteiger partial charge in [-0.15, -0.1) is 0 Å². The largest absolute Gasteiger partial charge is 0.455 e. The predicted octanol–water partition coefficient (Wildman–Crippen LogP) is 19.8. The molecule has 12 aromatic carbocycles. The van der Waals surface area contributed by atoms with Crippen molar-refractivity contribution in [1.82, 2.24) is 0 Å². The lowest BCUT2D eigenvalue weighted by molar-refractivity contribution is 0.660. The Morgan fingerprint density at radius 3 is 1.30 bits per heavy atom. The Hall–Kier alpha value is -8.92. The molecule has 0 spiro atoms. The molecule has 346 valence electrons. The van der Waals surface area contributed by atoms with Crippen LogP contribution in [0.4, 0.5) is 34.1 Å². The van der Waals surface area contributed by atoms with Crippen LogP contribution in [0.15, 0.2) is 235 Å². The molecule has 73 heavy (non-hydrogen) atoms. The molecule has 0 fully saturated rings. The summed E-state index contributed by atoms with van der Waals surface area (Å²) >= 11 is 0. The molecule has 0 radical (unpaired) electrons. The number of rotatable bonds is 6. The zero-order valence-electron chi connectivity index (χ0n) is 41.2. The molecule has 2 aliphatic rings. The molecule has 0 amide bonds. The van der Waals surface area contributed by atoms with Gasteiger partial charge in [0.1, 0.15) is 11.2 Å². The third-order valence-electron chi connectivity index (χ3n) is 16.6. The molecule has 0 saturated heterocycles. The second-order valence-corrected chi connectivity index (χ2v) is 21.2. The van der Waals surface area contributed by atoms with E-state index in [0.717, 1.165) is 66.8 Å². The number of hydrogen-bond acceptors (Lipinski definition) is 3. The second kappa shape index (κ2) is 15.3. The van der Waals surface area contributed by atoms with Gasteiger partial charge >= 0.3 is 0 Å². The van der Waals surface area contributed by atoms with Gasteiger partial charge in [0.2, 0.25) is 0 Å². The van der Waals surface area contributed by atoms with Gasteiger partial charge in [-0.1, -0.05) is 185 Å². The van der Waals surface area contributed by atoms with Crippen LogP contribution in [0.1, 0.15) is 49.9 Å². The minimum absolute atomic E-state index is 0.144. The van der Waals surface area contributed by atoms with Gasteiger partial charge in [-0.05, 0) is 138 Å². The molecule has 3 nitrogen and oxygen atoms in total. The van der Waals surface area contributed by atoms with E-state index < -0.39 is 0 Å². The first-order valence-corrected chi connectivity index (χ1v) is 25.6. The zero-order valence-corrected chi connectivity index (χ0v) is 41.2. The van der Waals surface area contributed by atoms with Gasteiger partial charge in [0.05, 0.1) is 11.4 Å². The third kappa shape index (κ3) is 6.00. The first-order valence-electron chi connectivity index (χ1n) is 25.6. The van der Waals surface area contributed by atoms with Crippen LogP contribution in [0.25, 0.3) is 87.3 Å². The summed E-state index contributed by atoms with van der Waals surface area (Å²) in [7, 11) is 0. The fourth-order valence-corrected chi connectivity index (χ4v) is 13.0. The molecular formula is C70H50N2O. The summed E-state index contributed by atoms with van der Waals surface area (Å²) in [4.78, 5) is 4.89. The Labute approximate surface area is 424 Å². The number of hydrogen-bond donors (Lipinski definition) is 0. The topological polar surface area (TPSA) is 19.6 Å². The number of furan rings is 1. The van der Waals surface area contributed by atoms with Crippen molar-refractivity contribution < 1.29 is 4.42 Å². The van der Waals surface area contributed by atoms with Crippen molar-refractivity contribution in [2.24, 2.45) is 0 Å². The van der Waals surface area contributed by atoms with E-state index in [0.29, 0.717) is 0 Å². The van der Waals surface area contributed by atoms with E-state index in [-0.39, 0.29) is 10.8 Å². The smallest absolute Gasteiger partial charge is 0.143 e. The minimum atomic E-state index is -0.145. The highest BCUT2D eigenvalue weighted by Gasteiger charge is 2.37. The summed E-state index contributed by atoms with van der Waals surface area (Å²) in [5, 5.41) is 11.6. The van der Waals surface area contributed by atoms with Crippen LogP contribution in [0.2, 0.25) is 0 Å². The Balaban J connectivity index is 0.929. The molecular weight excluding hydrogens is 885 g/mol. The molecule has 3 heteroatoms. The lowest BCUT2D eigenvalue weighted by Gasteiger charge is -2.29. The summed E-state index contributed by atoms with van der Waals surface area (Å²) in [5.41, 5.74) is 18.8. The molecule has 0 unspecified atom stereocenters. The maximum absolute atomic E-state index is 7.26. The Bertz CT molecular complexity index is 4470. The molecule has 1 heterocycles. The van der Waals surface area contributed by atoms with E-state index in [2.05, 4.69) is 268 Å². The van der Waals surface area contributed by atoms with E-state index in [1.807, 2.05) is 0 Å². The first kappa shape index (κ1) is 41.8. The van der Waals surface area contributed by atoms with Gasteiger partial charge in [0.25, 0.3) is 0 Å². The molecule has 0 saturated carbocycles. The lowest BCUT2D eigenvalue weighted by atomic mass is 9.82. The van der Waals surface area contributed by atoms with Crippen LogP contribution in [0, 0.1) is 0 Å². The van der Waals surface area contributed by atoms with Crippen LogP contribution >= 0.6 is 0 Å². The fraction of sp³-hybridized carbons (Fsp3) is 0.0857. The van der Waals surface area contributed by atoms with E-state index in [9.17, 15) is 0 Å². The maximum Gasteiger partial charge on any atom is 0.143 e. The van der Waals surface area contributed by atoms with Gasteiger partial charge in [0.15, 0.2) is 0 Å². The van der Waals surface area contributed by atoms with Gasteiger partial charge in [-0.25, -0.2) is 0 Å². The SMILES string of the molecule is CC1(C)c2ccccc2-c2ccc(N(c3ccc4c(c3)oc3c5ccc(N(c6ccc7c(c6)C(C)(C)c6ccccc6-7)c6cccc7ccccc67)cc5c5ccccc5c43)c3cccc4ccccc34)cc21. The summed E-state index contributed by atoms with van der Waals surface area (Å²) < 4.78 is 7.26. The maximum atomic E-state index is 7.26. The normalized spacial score (nSPS) is 14.0. The standard InChI is InChI=1S/C70H50N2O/c1-69(2)60-27-13-11-24-52(60)54-35-31-46(40-62(54)69)71(64-29-15-19-43-17-5-7-21-49(43)64)45-33-37-57-59(39-45)51-23-9-10-26-56(51)67-58-38-34-48(42-66(58)73-68(57)67)72(65-30-16-20-44-18-6-8-22-50(44)65)47-32-36-55-53-25-12-14-28-61(53)70(3,4)63(55)41-47/h5-42H,1-4H3. The summed E-state index contributed by atoms with van der Waals surface area (Å²) in [6.07, 6.45) is 0. The Kier molecular flexibility index (Phi) is 8.76. The van der Waals surface area contributed by atoms with Crippen molar-refractivity contribution in [3.8, 4) is 22.3 Å². The van der Waals surface area contributed by atoms with Crippen molar-refractivity contribution in [3.63, 3.8) is 0 Å². The first-order chi connectivity index (χ1) is 35.7. The van der Waals surface area contributed by atoms with Crippen molar-refractivity contribution >= 4 is 99.2 Å². The average molecular weight is 935 g/mol. The van der Waals surface area contributed by atoms with Crippen LogP contribution in [-0.4, -0.2) is 0 Å². The quantitative estimate of drug-likeness (QED) is 0.155. The third-order valence-corrected chi connectivity index (χ3v) is 16.6. The predicted molar refractivity (Wildman–Crippen MR) is 308 cm³/mol. The number of benzene rings is 12. The van der Waals surface area contributed by atoms with Crippen LogP contribution < -0.4 is 9.80 Å². The van der Waals surface area contributed by atoms with Crippen molar-refractivity contribution in [1.29, 1.82) is 0 Å². The van der Waals surface area contributed by atoms with Crippen LogP contribution in [-0.2, 0) is 10.8 Å². The molecule has 13 aromatic rings. The summed E-state index contributed by atoms with van der Waals surface area (Å²) in [5.74, 6) is 0. The van der Waals surface area contributed by atoms with E-state index in [1.54, 1.807) is 0 Å². The van der Waals surface area contributed by atoms with Gasteiger partial charge in [0, 0.05) is 66.6 Å². The van der Waals surface area contributed by atoms with E-state index in [4.69, 9.17) is 4.42 Å². The van der Waals surface area contributed by atoms with Crippen LogP contribution in [0.3, 0.4) is 0 Å². The van der Waals surface area contributed by atoms with Crippen molar-refractivity contribution in [2.45, 2.75) is 38.5 Å². The van der Waals surface area contributed by atoms with Crippen molar-refractivity contribution in [2.75, 3.05) is 9.80 Å². The molecule has 0 aliphatic heterocycles. The number of anilines is 6.